The summed E-state index contributed by atoms with van der Waals surface area (Å²) in [4.78, 5) is 12.4. The molecule has 0 aliphatic rings. The van der Waals surface area contributed by atoms with Crippen LogP contribution in [0.5, 0.6) is 11.5 Å². The Labute approximate surface area is 147 Å². The number of amides is 1. The number of carbonyl (C=O) groups excluding carboxylic acids is 1. The number of methoxy groups -OCH3 is 2. The van der Waals surface area contributed by atoms with E-state index in [1.54, 1.807) is 32.4 Å². The van der Waals surface area contributed by atoms with Crippen LogP contribution < -0.4 is 20.5 Å². The monoisotopic (exact) mass is 344 g/mol. The van der Waals surface area contributed by atoms with Gasteiger partial charge in [-0.1, -0.05) is 29.8 Å². The molecule has 0 saturated carbocycles. The van der Waals surface area contributed by atoms with Crippen LogP contribution in [0.4, 0.5) is 5.69 Å². The van der Waals surface area contributed by atoms with Gasteiger partial charge in [0.15, 0.2) is 11.5 Å². The molecule has 3 N–H and O–H groups in total. The van der Waals surface area contributed by atoms with Gasteiger partial charge in [0.2, 0.25) is 5.91 Å². The van der Waals surface area contributed by atoms with E-state index in [0.29, 0.717) is 30.4 Å². The molecule has 0 aliphatic heterocycles. The second-order valence-electron chi connectivity index (χ2n) is 5.58. The first-order valence-corrected chi connectivity index (χ1v) is 7.98. The van der Waals surface area contributed by atoms with Gasteiger partial charge < -0.3 is 25.3 Å². The number of hydrogen-bond donors (Lipinski definition) is 2. The maximum absolute atomic E-state index is 12.4. The SMILES string of the molecule is COCCOc1cc(NC(=O)C(N)c2ccc(C)cc2)ccc1OC. The van der Waals surface area contributed by atoms with E-state index in [9.17, 15) is 4.79 Å². The van der Waals surface area contributed by atoms with Crippen LogP contribution in [0.2, 0.25) is 0 Å². The zero-order valence-electron chi connectivity index (χ0n) is 14.7. The highest BCUT2D eigenvalue weighted by Gasteiger charge is 2.16. The molecule has 2 aromatic carbocycles. The molecule has 134 valence electrons. The summed E-state index contributed by atoms with van der Waals surface area (Å²) in [5.41, 5.74) is 8.50. The van der Waals surface area contributed by atoms with Gasteiger partial charge in [-0.25, -0.2) is 0 Å². The van der Waals surface area contributed by atoms with Gasteiger partial charge in [-0.2, -0.15) is 0 Å². The summed E-state index contributed by atoms with van der Waals surface area (Å²) in [6.45, 7) is 2.82. The molecule has 1 unspecified atom stereocenters. The van der Waals surface area contributed by atoms with Crippen LogP contribution in [0.1, 0.15) is 17.2 Å². The van der Waals surface area contributed by atoms with Crippen molar-refractivity contribution in [3.8, 4) is 11.5 Å². The molecule has 1 amide bonds. The van der Waals surface area contributed by atoms with Gasteiger partial charge in [0.1, 0.15) is 12.6 Å². The lowest BCUT2D eigenvalue weighted by molar-refractivity contribution is -0.117. The van der Waals surface area contributed by atoms with Crippen LogP contribution in [0.3, 0.4) is 0 Å². The number of aryl methyl sites for hydroxylation is 1. The number of benzene rings is 2. The Bertz CT molecular complexity index is 701. The standard InChI is InChI=1S/C19H24N2O4/c1-13-4-6-14(7-5-13)18(20)19(22)21-15-8-9-16(24-3)17(12-15)25-11-10-23-2/h4-9,12,18H,10-11,20H2,1-3H3,(H,21,22). The van der Waals surface area contributed by atoms with E-state index < -0.39 is 6.04 Å². The Kier molecular flexibility index (Phi) is 6.80. The van der Waals surface area contributed by atoms with Gasteiger partial charge in [-0.15, -0.1) is 0 Å². The zero-order valence-corrected chi connectivity index (χ0v) is 14.7. The van der Waals surface area contributed by atoms with Crippen LogP contribution in [-0.4, -0.2) is 33.3 Å². The Morgan fingerprint density at radius 3 is 2.44 bits per heavy atom. The molecule has 0 aromatic heterocycles. The highest BCUT2D eigenvalue weighted by molar-refractivity contribution is 5.95. The first-order chi connectivity index (χ1) is 12.0. The maximum atomic E-state index is 12.4. The van der Waals surface area contributed by atoms with Crippen molar-refractivity contribution in [1.82, 2.24) is 0 Å². The van der Waals surface area contributed by atoms with Crippen molar-refractivity contribution < 1.29 is 19.0 Å². The highest BCUT2D eigenvalue weighted by atomic mass is 16.5. The summed E-state index contributed by atoms with van der Waals surface area (Å²) in [6, 6.07) is 12.0. The van der Waals surface area contributed by atoms with Crippen molar-refractivity contribution in [3.63, 3.8) is 0 Å². The molecule has 0 fully saturated rings. The van der Waals surface area contributed by atoms with E-state index in [-0.39, 0.29) is 5.91 Å². The Balaban J connectivity index is 2.08. The zero-order chi connectivity index (χ0) is 18.2. The van der Waals surface area contributed by atoms with Crippen LogP contribution >= 0.6 is 0 Å². The minimum Gasteiger partial charge on any atom is -0.493 e. The smallest absolute Gasteiger partial charge is 0.245 e. The van der Waals surface area contributed by atoms with E-state index in [2.05, 4.69) is 5.32 Å². The average Bonchev–Trinajstić information content (AvgIpc) is 2.62. The number of nitrogens with one attached hydrogen (secondary N) is 1. The number of nitrogens with two attached hydrogens (primary N) is 1. The fourth-order valence-corrected chi connectivity index (χ4v) is 2.25. The number of anilines is 1. The molecular weight excluding hydrogens is 320 g/mol. The first kappa shape index (κ1) is 18.8. The van der Waals surface area contributed by atoms with Crippen molar-refractivity contribution in [1.29, 1.82) is 0 Å². The third-order valence-electron chi connectivity index (χ3n) is 3.70. The second kappa shape index (κ2) is 9.05. The molecule has 6 nitrogen and oxygen atoms in total. The normalized spacial score (nSPS) is 11.7. The average molecular weight is 344 g/mol. The van der Waals surface area contributed by atoms with E-state index in [4.69, 9.17) is 19.9 Å². The van der Waals surface area contributed by atoms with Crippen molar-refractivity contribution in [3.05, 3.63) is 53.6 Å². The van der Waals surface area contributed by atoms with Crippen LogP contribution in [0.25, 0.3) is 0 Å². The van der Waals surface area contributed by atoms with Gasteiger partial charge in [0.25, 0.3) is 0 Å². The lowest BCUT2D eigenvalue weighted by atomic mass is 10.1. The summed E-state index contributed by atoms with van der Waals surface area (Å²) >= 11 is 0. The maximum Gasteiger partial charge on any atom is 0.245 e. The van der Waals surface area contributed by atoms with Gasteiger partial charge in [0.05, 0.1) is 13.7 Å². The minimum absolute atomic E-state index is 0.295. The summed E-state index contributed by atoms with van der Waals surface area (Å²) in [7, 11) is 3.16. The number of hydrogen-bond acceptors (Lipinski definition) is 5. The molecule has 0 radical (unpaired) electrons. The predicted octanol–water partition coefficient (Wildman–Crippen LogP) is 2.67. The van der Waals surface area contributed by atoms with Crippen LogP contribution in [-0.2, 0) is 9.53 Å². The molecule has 0 bridgehead atoms. The van der Waals surface area contributed by atoms with Gasteiger partial charge in [0, 0.05) is 18.9 Å². The minimum atomic E-state index is -0.749. The molecule has 0 saturated heterocycles. The predicted molar refractivity (Wildman–Crippen MR) is 97.1 cm³/mol. The molecule has 2 rings (SSSR count). The van der Waals surface area contributed by atoms with Crippen molar-refractivity contribution in [2.45, 2.75) is 13.0 Å². The van der Waals surface area contributed by atoms with Gasteiger partial charge >= 0.3 is 0 Å². The molecule has 0 aliphatic carbocycles. The topological polar surface area (TPSA) is 82.8 Å². The molecule has 1 atom stereocenters. The number of carbonyl (C=O) groups is 1. The fourth-order valence-electron chi connectivity index (χ4n) is 2.25. The van der Waals surface area contributed by atoms with Crippen molar-refractivity contribution in [2.75, 3.05) is 32.8 Å². The summed E-state index contributed by atoms with van der Waals surface area (Å²) in [5, 5.41) is 2.81. The van der Waals surface area contributed by atoms with Crippen LogP contribution in [0.15, 0.2) is 42.5 Å². The van der Waals surface area contributed by atoms with E-state index in [0.717, 1.165) is 11.1 Å². The van der Waals surface area contributed by atoms with Gasteiger partial charge in [-0.3, -0.25) is 4.79 Å². The lowest BCUT2D eigenvalue weighted by Gasteiger charge is -2.15. The molecule has 6 heteroatoms. The molecule has 25 heavy (non-hydrogen) atoms. The third-order valence-corrected chi connectivity index (χ3v) is 3.70. The van der Waals surface area contributed by atoms with Gasteiger partial charge in [-0.05, 0) is 24.6 Å². The fraction of sp³-hybridized carbons (Fsp3) is 0.316. The Morgan fingerprint density at radius 2 is 1.80 bits per heavy atom. The Morgan fingerprint density at radius 1 is 1.08 bits per heavy atom. The van der Waals surface area contributed by atoms with Crippen molar-refractivity contribution >= 4 is 11.6 Å². The summed E-state index contributed by atoms with van der Waals surface area (Å²) < 4.78 is 15.8. The number of ether oxygens (including phenoxy) is 3. The highest BCUT2D eigenvalue weighted by Crippen LogP contribution is 2.30. The lowest BCUT2D eigenvalue weighted by Crippen LogP contribution is -2.27. The molecular formula is C19H24N2O4. The van der Waals surface area contributed by atoms with E-state index in [1.165, 1.54) is 0 Å². The summed E-state index contributed by atoms with van der Waals surface area (Å²) in [6.07, 6.45) is 0. The molecule has 2 aromatic rings. The first-order valence-electron chi connectivity index (χ1n) is 7.98. The third kappa shape index (κ3) is 5.20. The Hall–Kier alpha value is -2.57. The largest absolute Gasteiger partial charge is 0.493 e. The van der Waals surface area contributed by atoms with Crippen LogP contribution in [0, 0.1) is 6.92 Å². The second-order valence-corrected chi connectivity index (χ2v) is 5.58. The molecule has 0 heterocycles. The summed E-state index contributed by atoms with van der Waals surface area (Å²) in [5.74, 6) is 0.815. The van der Waals surface area contributed by atoms with Crippen molar-refractivity contribution in [2.24, 2.45) is 5.73 Å². The quantitative estimate of drug-likeness (QED) is 0.720. The van der Waals surface area contributed by atoms with E-state index >= 15 is 0 Å². The molecule has 0 spiro atoms. The van der Waals surface area contributed by atoms with E-state index in [1.807, 2.05) is 31.2 Å². The number of rotatable bonds is 8.